The quantitative estimate of drug-likeness (QED) is 0.916. The van der Waals surface area contributed by atoms with E-state index in [9.17, 15) is 4.79 Å². The summed E-state index contributed by atoms with van der Waals surface area (Å²) in [6.45, 7) is 1.82. The van der Waals surface area contributed by atoms with Crippen molar-refractivity contribution in [2.24, 2.45) is 0 Å². The highest BCUT2D eigenvalue weighted by atomic mass is 16.5. The van der Waals surface area contributed by atoms with E-state index in [1.165, 1.54) is 6.33 Å². The predicted octanol–water partition coefficient (Wildman–Crippen LogP) is 1.88. The van der Waals surface area contributed by atoms with Gasteiger partial charge >= 0.3 is 0 Å². The highest BCUT2D eigenvalue weighted by Gasteiger charge is 2.41. The van der Waals surface area contributed by atoms with Crippen LogP contribution < -0.4 is 5.32 Å². The SMILES string of the molecule is O=C(NCCc1cncnc1)C1(c2ccccc2)CCOCC1. The fraction of sp³-hybridized carbons (Fsp3) is 0.389. The summed E-state index contributed by atoms with van der Waals surface area (Å²) < 4.78 is 5.47. The number of nitrogens with zero attached hydrogens (tertiary/aromatic N) is 2. The molecule has 23 heavy (non-hydrogen) atoms. The summed E-state index contributed by atoms with van der Waals surface area (Å²) in [5.41, 5.74) is 1.62. The van der Waals surface area contributed by atoms with Gasteiger partial charge in [0, 0.05) is 32.2 Å². The lowest BCUT2D eigenvalue weighted by atomic mass is 9.73. The molecule has 0 radical (unpaired) electrons. The van der Waals surface area contributed by atoms with E-state index in [-0.39, 0.29) is 5.91 Å². The molecule has 2 heterocycles. The van der Waals surface area contributed by atoms with Crippen molar-refractivity contribution < 1.29 is 9.53 Å². The fourth-order valence-corrected chi connectivity index (χ4v) is 3.07. The van der Waals surface area contributed by atoms with Crippen LogP contribution in [-0.4, -0.2) is 35.6 Å². The number of ether oxygens (including phenoxy) is 1. The molecule has 1 aliphatic rings. The van der Waals surface area contributed by atoms with E-state index in [0.29, 0.717) is 19.8 Å². The molecule has 1 amide bonds. The van der Waals surface area contributed by atoms with Crippen molar-refractivity contribution in [3.8, 4) is 0 Å². The third-order valence-electron chi connectivity index (χ3n) is 4.42. The zero-order valence-electron chi connectivity index (χ0n) is 13.1. The van der Waals surface area contributed by atoms with E-state index in [1.54, 1.807) is 12.4 Å². The minimum atomic E-state index is -0.479. The van der Waals surface area contributed by atoms with Gasteiger partial charge in [-0.2, -0.15) is 0 Å². The average molecular weight is 311 g/mol. The molecule has 1 N–H and O–H groups in total. The highest BCUT2D eigenvalue weighted by molar-refractivity contribution is 5.88. The van der Waals surface area contributed by atoms with Gasteiger partial charge in [-0.1, -0.05) is 30.3 Å². The maximum absolute atomic E-state index is 12.9. The first kappa shape index (κ1) is 15.6. The van der Waals surface area contributed by atoms with E-state index in [0.717, 1.165) is 30.4 Å². The molecule has 2 aromatic rings. The van der Waals surface area contributed by atoms with Gasteiger partial charge in [-0.25, -0.2) is 9.97 Å². The molecule has 0 bridgehead atoms. The van der Waals surface area contributed by atoms with Gasteiger partial charge in [0.05, 0.1) is 5.41 Å². The number of benzene rings is 1. The molecule has 1 aliphatic heterocycles. The third kappa shape index (κ3) is 3.56. The van der Waals surface area contributed by atoms with Crippen molar-refractivity contribution in [3.63, 3.8) is 0 Å². The zero-order valence-corrected chi connectivity index (χ0v) is 13.1. The molecule has 1 saturated heterocycles. The number of carbonyl (C=O) groups excluding carboxylic acids is 1. The van der Waals surface area contributed by atoms with Crippen molar-refractivity contribution in [2.45, 2.75) is 24.7 Å². The van der Waals surface area contributed by atoms with E-state index < -0.39 is 5.41 Å². The van der Waals surface area contributed by atoms with E-state index >= 15 is 0 Å². The second kappa shape index (κ2) is 7.33. The van der Waals surface area contributed by atoms with Crippen LogP contribution in [0.3, 0.4) is 0 Å². The Morgan fingerprint density at radius 1 is 1.13 bits per heavy atom. The third-order valence-corrected chi connectivity index (χ3v) is 4.42. The second-order valence-corrected chi connectivity index (χ2v) is 5.81. The number of rotatable bonds is 5. The Labute approximate surface area is 136 Å². The predicted molar refractivity (Wildman–Crippen MR) is 86.9 cm³/mol. The second-order valence-electron chi connectivity index (χ2n) is 5.81. The summed E-state index contributed by atoms with van der Waals surface area (Å²) in [5.74, 6) is 0.0869. The summed E-state index contributed by atoms with van der Waals surface area (Å²) in [7, 11) is 0. The number of hydrogen-bond donors (Lipinski definition) is 1. The maximum atomic E-state index is 12.9. The molecule has 3 rings (SSSR count). The van der Waals surface area contributed by atoms with E-state index in [1.807, 2.05) is 30.3 Å². The van der Waals surface area contributed by atoms with Crippen LogP contribution in [0.25, 0.3) is 0 Å². The first-order chi connectivity index (χ1) is 11.3. The standard InChI is InChI=1S/C18H21N3O2/c22-17(21-9-6-15-12-19-14-20-13-15)18(7-10-23-11-8-18)16-4-2-1-3-5-16/h1-5,12-14H,6-11H2,(H,21,22). The smallest absolute Gasteiger partial charge is 0.230 e. The van der Waals surface area contributed by atoms with Crippen LogP contribution in [0.4, 0.5) is 0 Å². The Morgan fingerprint density at radius 3 is 2.52 bits per heavy atom. The summed E-state index contributed by atoms with van der Waals surface area (Å²) in [6, 6.07) is 10.0. The Balaban J connectivity index is 1.69. The first-order valence-electron chi connectivity index (χ1n) is 7.97. The molecule has 0 atom stereocenters. The summed E-state index contributed by atoms with van der Waals surface area (Å²) in [4.78, 5) is 20.9. The van der Waals surface area contributed by atoms with Gasteiger partial charge in [-0.3, -0.25) is 4.79 Å². The van der Waals surface area contributed by atoms with Crippen LogP contribution in [0.15, 0.2) is 49.1 Å². The molecule has 1 aromatic heterocycles. The number of carbonyl (C=O) groups is 1. The van der Waals surface area contributed by atoms with Gasteiger partial charge in [0.15, 0.2) is 0 Å². The summed E-state index contributed by atoms with van der Waals surface area (Å²) in [5, 5.41) is 3.09. The van der Waals surface area contributed by atoms with E-state index in [4.69, 9.17) is 4.74 Å². The number of nitrogens with one attached hydrogen (secondary N) is 1. The van der Waals surface area contributed by atoms with Gasteiger partial charge < -0.3 is 10.1 Å². The van der Waals surface area contributed by atoms with Gasteiger partial charge in [0.25, 0.3) is 0 Å². The topological polar surface area (TPSA) is 64.1 Å². The van der Waals surface area contributed by atoms with Crippen molar-refractivity contribution in [1.29, 1.82) is 0 Å². The highest BCUT2D eigenvalue weighted by Crippen LogP contribution is 2.35. The van der Waals surface area contributed by atoms with Crippen LogP contribution in [0, 0.1) is 0 Å². The lowest BCUT2D eigenvalue weighted by Crippen LogP contribution is -2.48. The molecule has 1 fully saturated rings. The van der Waals surface area contributed by atoms with Crippen LogP contribution in [-0.2, 0) is 21.4 Å². The molecule has 5 heteroatoms. The minimum Gasteiger partial charge on any atom is -0.381 e. The lowest BCUT2D eigenvalue weighted by molar-refractivity contribution is -0.130. The average Bonchev–Trinajstić information content (AvgIpc) is 2.64. The normalized spacial score (nSPS) is 16.7. The van der Waals surface area contributed by atoms with Crippen molar-refractivity contribution in [3.05, 3.63) is 60.2 Å². The van der Waals surface area contributed by atoms with Crippen molar-refractivity contribution >= 4 is 5.91 Å². The number of aromatic nitrogens is 2. The van der Waals surface area contributed by atoms with Gasteiger partial charge in [-0.15, -0.1) is 0 Å². The Hall–Kier alpha value is -2.27. The fourth-order valence-electron chi connectivity index (χ4n) is 3.07. The van der Waals surface area contributed by atoms with E-state index in [2.05, 4.69) is 15.3 Å². The molecule has 0 spiro atoms. The van der Waals surface area contributed by atoms with Crippen LogP contribution in [0.2, 0.25) is 0 Å². The van der Waals surface area contributed by atoms with Crippen molar-refractivity contribution in [2.75, 3.05) is 19.8 Å². The summed E-state index contributed by atoms with van der Waals surface area (Å²) in [6.07, 6.45) is 7.23. The Bertz CT molecular complexity index is 625. The molecular formula is C18H21N3O2. The minimum absolute atomic E-state index is 0.0869. The monoisotopic (exact) mass is 311 g/mol. The Kier molecular flexibility index (Phi) is 4.98. The molecule has 120 valence electrons. The maximum Gasteiger partial charge on any atom is 0.230 e. The molecule has 0 unspecified atom stereocenters. The molecule has 5 nitrogen and oxygen atoms in total. The largest absolute Gasteiger partial charge is 0.381 e. The zero-order chi connectivity index (χ0) is 16.0. The van der Waals surface area contributed by atoms with Gasteiger partial charge in [-0.05, 0) is 30.4 Å². The van der Waals surface area contributed by atoms with Gasteiger partial charge in [0.1, 0.15) is 6.33 Å². The first-order valence-corrected chi connectivity index (χ1v) is 7.97. The van der Waals surface area contributed by atoms with Crippen molar-refractivity contribution in [1.82, 2.24) is 15.3 Å². The van der Waals surface area contributed by atoms with Crippen LogP contribution in [0.1, 0.15) is 24.0 Å². The lowest BCUT2D eigenvalue weighted by Gasteiger charge is -2.36. The molecule has 0 aliphatic carbocycles. The summed E-state index contributed by atoms with van der Waals surface area (Å²) >= 11 is 0. The number of hydrogen-bond acceptors (Lipinski definition) is 4. The van der Waals surface area contributed by atoms with Crippen LogP contribution in [0.5, 0.6) is 0 Å². The number of amides is 1. The molecular weight excluding hydrogens is 290 g/mol. The Morgan fingerprint density at radius 2 is 1.83 bits per heavy atom. The molecule has 1 aromatic carbocycles. The van der Waals surface area contributed by atoms with Crippen LogP contribution >= 0.6 is 0 Å². The van der Waals surface area contributed by atoms with Gasteiger partial charge in [0.2, 0.25) is 5.91 Å². The molecule has 0 saturated carbocycles.